The minimum Gasteiger partial charge on any atom is -0.508 e. The van der Waals surface area contributed by atoms with Crippen LogP contribution in [0.5, 0.6) is 5.75 Å². The largest absolute Gasteiger partial charge is 0.508 e. The molecular formula is C18H14N2OS. The smallest absolute Gasteiger partial charge is 0.126 e. The molecule has 0 aliphatic rings. The van der Waals surface area contributed by atoms with Crippen LogP contribution in [0.3, 0.4) is 0 Å². The first-order valence-corrected chi connectivity index (χ1v) is 7.93. The van der Waals surface area contributed by atoms with Crippen LogP contribution in [0, 0.1) is 6.92 Å². The van der Waals surface area contributed by atoms with E-state index in [1.165, 1.54) is 5.39 Å². The van der Waals surface area contributed by atoms with Gasteiger partial charge in [-0.05, 0) is 25.1 Å². The van der Waals surface area contributed by atoms with Gasteiger partial charge in [0, 0.05) is 33.1 Å². The Morgan fingerprint density at radius 2 is 1.95 bits per heavy atom. The summed E-state index contributed by atoms with van der Waals surface area (Å²) in [6, 6.07) is 15.5. The van der Waals surface area contributed by atoms with Gasteiger partial charge in [-0.15, -0.1) is 11.3 Å². The zero-order valence-corrected chi connectivity index (χ0v) is 12.8. The third-order valence-corrected chi connectivity index (χ3v) is 4.61. The molecule has 4 rings (SSSR count). The predicted molar refractivity (Wildman–Crippen MR) is 91.2 cm³/mol. The average Bonchev–Trinajstić information content (AvgIpc) is 3.10. The Balaban J connectivity index is 1.85. The lowest BCUT2D eigenvalue weighted by molar-refractivity contribution is 0.475. The van der Waals surface area contributed by atoms with Crippen molar-refractivity contribution in [3.8, 4) is 27.6 Å². The summed E-state index contributed by atoms with van der Waals surface area (Å²) in [5.74, 6) is 0.260. The first-order chi connectivity index (χ1) is 10.7. The number of aromatic nitrogens is 2. The number of phenols is 1. The second-order valence-electron chi connectivity index (χ2n) is 5.26. The van der Waals surface area contributed by atoms with Gasteiger partial charge >= 0.3 is 0 Å². The van der Waals surface area contributed by atoms with Gasteiger partial charge in [0.2, 0.25) is 0 Å². The fourth-order valence-electron chi connectivity index (χ4n) is 2.74. The number of aromatic amines is 1. The summed E-state index contributed by atoms with van der Waals surface area (Å²) in [6.07, 6.45) is 0. The standard InChI is InChI=1S/C18H14N2OS/c1-11-17(14-7-2-3-8-15(14)19-11)18-20-16(10-22-18)12-5-4-6-13(21)9-12/h2-10,19,21H,1H3. The quantitative estimate of drug-likeness (QED) is 0.549. The van der Waals surface area contributed by atoms with E-state index < -0.39 is 0 Å². The zero-order valence-electron chi connectivity index (χ0n) is 12.0. The highest BCUT2D eigenvalue weighted by Gasteiger charge is 2.14. The van der Waals surface area contributed by atoms with Crippen molar-refractivity contribution in [3.05, 3.63) is 59.6 Å². The normalized spacial score (nSPS) is 11.1. The topological polar surface area (TPSA) is 48.9 Å². The van der Waals surface area contributed by atoms with Crippen molar-refractivity contribution in [2.75, 3.05) is 0 Å². The molecule has 0 saturated carbocycles. The molecule has 4 heteroatoms. The number of rotatable bonds is 2. The number of fused-ring (bicyclic) bond motifs is 1. The van der Waals surface area contributed by atoms with E-state index in [1.807, 2.05) is 29.6 Å². The molecule has 0 aliphatic carbocycles. The molecule has 2 heterocycles. The number of phenolic OH excluding ortho intramolecular Hbond substituents is 1. The highest BCUT2D eigenvalue weighted by atomic mass is 32.1. The van der Waals surface area contributed by atoms with E-state index in [1.54, 1.807) is 23.5 Å². The Hall–Kier alpha value is -2.59. The van der Waals surface area contributed by atoms with Crippen LogP contribution in [0.2, 0.25) is 0 Å². The maximum absolute atomic E-state index is 9.62. The lowest BCUT2D eigenvalue weighted by atomic mass is 10.1. The first-order valence-electron chi connectivity index (χ1n) is 7.05. The third-order valence-electron chi connectivity index (χ3n) is 3.75. The minimum atomic E-state index is 0.260. The molecule has 0 unspecified atom stereocenters. The SMILES string of the molecule is Cc1[nH]c2ccccc2c1-c1nc(-c2cccc(O)c2)cs1. The van der Waals surface area contributed by atoms with E-state index in [0.717, 1.165) is 33.0 Å². The van der Waals surface area contributed by atoms with Crippen molar-refractivity contribution in [2.45, 2.75) is 6.92 Å². The van der Waals surface area contributed by atoms with Crippen molar-refractivity contribution >= 4 is 22.2 Å². The Labute approximate surface area is 131 Å². The molecule has 4 aromatic rings. The number of aromatic hydroxyl groups is 1. The third kappa shape index (κ3) is 2.09. The summed E-state index contributed by atoms with van der Waals surface area (Å²) in [5, 5.41) is 13.8. The second kappa shape index (κ2) is 5.00. The van der Waals surface area contributed by atoms with Crippen LogP contribution in [0.15, 0.2) is 53.9 Å². The monoisotopic (exact) mass is 306 g/mol. The number of hydrogen-bond donors (Lipinski definition) is 2. The van der Waals surface area contributed by atoms with E-state index in [4.69, 9.17) is 4.98 Å². The average molecular weight is 306 g/mol. The maximum Gasteiger partial charge on any atom is 0.126 e. The van der Waals surface area contributed by atoms with Crippen LogP contribution >= 0.6 is 11.3 Å². The summed E-state index contributed by atoms with van der Waals surface area (Å²) in [5.41, 5.74) is 5.23. The van der Waals surface area contributed by atoms with Crippen LogP contribution < -0.4 is 0 Å². The fraction of sp³-hybridized carbons (Fsp3) is 0.0556. The minimum absolute atomic E-state index is 0.260. The molecule has 0 aliphatic heterocycles. The van der Waals surface area contributed by atoms with Crippen molar-refractivity contribution in [3.63, 3.8) is 0 Å². The van der Waals surface area contributed by atoms with Crippen molar-refractivity contribution in [1.82, 2.24) is 9.97 Å². The molecule has 0 bridgehead atoms. The molecule has 2 aromatic heterocycles. The molecule has 0 fully saturated rings. The zero-order chi connectivity index (χ0) is 15.1. The molecule has 108 valence electrons. The Bertz CT molecular complexity index is 968. The number of aryl methyl sites for hydroxylation is 1. The molecule has 22 heavy (non-hydrogen) atoms. The molecule has 0 saturated heterocycles. The van der Waals surface area contributed by atoms with Gasteiger partial charge in [-0.2, -0.15) is 0 Å². The fourth-order valence-corrected chi connectivity index (χ4v) is 3.68. The highest BCUT2D eigenvalue weighted by Crippen LogP contribution is 2.36. The number of para-hydroxylation sites is 1. The van der Waals surface area contributed by atoms with E-state index in [-0.39, 0.29) is 5.75 Å². The molecule has 0 atom stereocenters. The van der Waals surface area contributed by atoms with E-state index in [0.29, 0.717) is 0 Å². The Morgan fingerprint density at radius 3 is 2.82 bits per heavy atom. The van der Waals surface area contributed by atoms with Crippen LogP contribution in [0.25, 0.3) is 32.7 Å². The summed E-state index contributed by atoms with van der Waals surface area (Å²) in [4.78, 5) is 8.17. The molecule has 2 aromatic carbocycles. The van der Waals surface area contributed by atoms with Gasteiger partial charge in [0.25, 0.3) is 0 Å². The molecule has 0 radical (unpaired) electrons. The van der Waals surface area contributed by atoms with Gasteiger partial charge in [-0.1, -0.05) is 30.3 Å². The van der Waals surface area contributed by atoms with Gasteiger partial charge < -0.3 is 10.1 Å². The summed E-state index contributed by atoms with van der Waals surface area (Å²) in [6.45, 7) is 2.07. The number of hydrogen-bond acceptors (Lipinski definition) is 3. The summed E-state index contributed by atoms with van der Waals surface area (Å²) < 4.78 is 0. The van der Waals surface area contributed by atoms with Gasteiger partial charge in [0.15, 0.2) is 0 Å². The van der Waals surface area contributed by atoms with E-state index in [9.17, 15) is 5.11 Å². The highest BCUT2D eigenvalue weighted by molar-refractivity contribution is 7.13. The van der Waals surface area contributed by atoms with Crippen molar-refractivity contribution in [1.29, 1.82) is 0 Å². The van der Waals surface area contributed by atoms with Crippen LogP contribution in [-0.2, 0) is 0 Å². The molecule has 0 amide bonds. The van der Waals surface area contributed by atoms with Crippen LogP contribution in [0.4, 0.5) is 0 Å². The van der Waals surface area contributed by atoms with Crippen molar-refractivity contribution < 1.29 is 5.11 Å². The number of H-pyrrole nitrogens is 1. The van der Waals surface area contributed by atoms with Crippen LogP contribution in [-0.4, -0.2) is 15.1 Å². The lowest BCUT2D eigenvalue weighted by Crippen LogP contribution is -1.81. The number of thiazole rings is 1. The molecule has 2 N–H and O–H groups in total. The van der Waals surface area contributed by atoms with Gasteiger partial charge in [-0.25, -0.2) is 4.98 Å². The summed E-state index contributed by atoms with van der Waals surface area (Å²) in [7, 11) is 0. The van der Waals surface area contributed by atoms with Gasteiger partial charge in [0.05, 0.1) is 5.69 Å². The predicted octanol–water partition coefficient (Wildman–Crippen LogP) is 4.97. The number of nitrogens with zero attached hydrogens (tertiary/aromatic N) is 1. The summed E-state index contributed by atoms with van der Waals surface area (Å²) >= 11 is 1.62. The number of nitrogens with one attached hydrogen (secondary N) is 1. The molecule has 0 spiro atoms. The van der Waals surface area contributed by atoms with Crippen molar-refractivity contribution in [2.24, 2.45) is 0 Å². The molecule has 3 nitrogen and oxygen atoms in total. The second-order valence-corrected chi connectivity index (χ2v) is 6.12. The Morgan fingerprint density at radius 1 is 1.09 bits per heavy atom. The van der Waals surface area contributed by atoms with Gasteiger partial charge in [0.1, 0.15) is 10.8 Å². The lowest BCUT2D eigenvalue weighted by Gasteiger charge is -1.98. The van der Waals surface area contributed by atoms with E-state index >= 15 is 0 Å². The maximum atomic E-state index is 9.62. The van der Waals surface area contributed by atoms with Crippen LogP contribution in [0.1, 0.15) is 5.69 Å². The molecular weight excluding hydrogens is 292 g/mol. The number of benzene rings is 2. The Kier molecular flexibility index (Phi) is 2.98. The van der Waals surface area contributed by atoms with E-state index in [2.05, 4.69) is 24.0 Å². The van der Waals surface area contributed by atoms with Gasteiger partial charge in [-0.3, -0.25) is 0 Å². The first kappa shape index (κ1) is 13.1.